The van der Waals surface area contributed by atoms with Gasteiger partial charge in [-0.3, -0.25) is 73.1 Å². The number of thioether (sulfide) groups is 1. The van der Waals surface area contributed by atoms with E-state index in [-0.39, 0.29) is 147 Å². The van der Waals surface area contributed by atoms with E-state index in [0.29, 0.717) is 80.8 Å². The van der Waals surface area contributed by atoms with Gasteiger partial charge in [0, 0.05) is 83.7 Å². The van der Waals surface area contributed by atoms with Crippen LogP contribution in [-0.2, 0) is 86.4 Å². The Hall–Kier alpha value is -12.5. The van der Waals surface area contributed by atoms with Crippen molar-refractivity contribution in [1.29, 1.82) is 10.8 Å². The summed E-state index contributed by atoms with van der Waals surface area (Å²) in [6.07, 6.45) is 6.98. The molecule has 0 aliphatic carbocycles. The first kappa shape index (κ1) is 106. The van der Waals surface area contributed by atoms with E-state index in [1.165, 1.54) is 11.8 Å². The van der Waals surface area contributed by atoms with Gasteiger partial charge >= 0.3 is 11.9 Å². The number of H-pyrrole nitrogens is 3. The number of aromatic amines is 3. The maximum atomic E-state index is 15.3. The van der Waals surface area contributed by atoms with Gasteiger partial charge in [-0.05, 0) is 181 Å². The Morgan fingerprint density at radius 2 is 0.654 bits per heavy atom. The van der Waals surface area contributed by atoms with Gasteiger partial charge in [0.2, 0.25) is 70.9 Å². The molecule has 43 heteroatoms. The van der Waals surface area contributed by atoms with Crippen LogP contribution in [0.4, 0.5) is 0 Å². The summed E-state index contributed by atoms with van der Waals surface area (Å²) in [7, 11) is 0. The van der Waals surface area contributed by atoms with Gasteiger partial charge in [0.1, 0.15) is 72.5 Å². The second kappa shape index (κ2) is 55.4. The number of carboxylic acid groups (broad SMARTS) is 2. The molecule has 42 nitrogen and oxygen atoms in total. The van der Waals surface area contributed by atoms with Crippen LogP contribution in [-0.4, -0.2) is 255 Å². The molecule has 0 unspecified atom stereocenters. The molecule has 6 rings (SSSR count). The Labute approximate surface area is 758 Å². The fraction of sp³-hybridized carbons (Fsp3) is 0.540. The lowest BCUT2D eigenvalue weighted by atomic mass is 10.00. The van der Waals surface area contributed by atoms with E-state index in [0.717, 1.165) is 0 Å². The number of aliphatic hydroxyl groups excluding tert-OH is 1. The lowest BCUT2D eigenvalue weighted by Crippen LogP contribution is -2.61. The third kappa shape index (κ3) is 35.5. The van der Waals surface area contributed by atoms with Crippen molar-refractivity contribution < 1.29 is 82.4 Å². The number of aliphatic hydroxyl groups is 1. The highest BCUT2D eigenvalue weighted by Crippen LogP contribution is 2.24. The van der Waals surface area contributed by atoms with Crippen LogP contribution in [0.3, 0.4) is 0 Å². The summed E-state index contributed by atoms with van der Waals surface area (Å²) in [4.78, 5) is 211. The molecule has 714 valence electrons. The fourth-order valence-electron chi connectivity index (χ4n) is 14.7. The molecule has 0 radical (unpaired) electrons. The lowest BCUT2D eigenvalue weighted by Gasteiger charge is -2.29. The van der Waals surface area contributed by atoms with E-state index < -0.39 is 180 Å². The van der Waals surface area contributed by atoms with Crippen molar-refractivity contribution >= 4 is 139 Å². The minimum Gasteiger partial charge on any atom is -0.481 e. The van der Waals surface area contributed by atoms with Crippen LogP contribution in [0.1, 0.15) is 154 Å². The van der Waals surface area contributed by atoms with Crippen molar-refractivity contribution in [1.82, 2.24) is 89.4 Å². The Balaban J connectivity index is 1.26. The average molecular weight is 1830 g/mol. The van der Waals surface area contributed by atoms with Gasteiger partial charge in [-0.15, -0.1) is 0 Å². The summed E-state index contributed by atoms with van der Waals surface area (Å²) in [5.74, 6) is -15.0. The molecular weight excluding hydrogens is 1700 g/mol. The number of hydrogen-bond acceptors (Lipinski definition) is 22. The van der Waals surface area contributed by atoms with Crippen LogP contribution in [0, 0.1) is 22.7 Å². The number of fused-ring (bicyclic) bond motifs is 3. The standard InChI is InChI=1S/C87H133N25O17S/c1-48(2)38-65(79(122)110-69(43-72(114)115)83(126)108-68(42-52-46-100-59-26-11-8-22-55(52)59)82(125)112-71(47-113)84(127)109-67(81(124)111-70(85(128)129)39-49(3)4)41-51-45-99-58-25-10-7-21-54(51)58)106-76(119)61(28-13-16-33-89)102-74(117)60(27-12-15-32-88)104-80(123)66(40-50-44-98-57-24-9-6-20-53(50)57)107-77(120)62(29-14-17-34-90)103-78(121)64(31-37-130-5)105-75(118)63(30-19-36-97-87(94)95)101-73(116)56(91)23-18-35-96-86(92)93/h6-11,20-22,24-26,44-46,48-49,56,60-71,98-100,113H,12-19,23,27-43,47,88-91H2,1-5H3,(H,101,116)(H,102,117)(H,103,121)(H,104,123)(H,105,118)(H,106,119)(H,107,120)(H,108,126)(H,109,127)(H,110,122)(H,111,124)(H,112,125)(H,114,115)(H,128,129)(H4,92,93,96)(H4,94,95,97)/t56-,60-,61-,62-,63-,64-,65-,66-,67-,68-,69-,70-,71-/m0/s1. The first-order valence-electron chi connectivity index (χ1n) is 43.9. The van der Waals surface area contributed by atoms with Gasteiger partial charge in [-0.1, -0.05) is 82.3 Å². The quantitative estimate of drug-likeness (QED) is 0.0119. The molecule has 34 N–H and O–H groups in total. The van der Waals surface area contributed by atoms with Gasteiger partial charge < -0.3 is 139 Å². The maximum absolute atomic E-state index is 15.3. The minimum atomic E-state index is -2.00. The minimum absolute atomic E-state index is 0.0000664. The molecule has 12 amide bonds. The molecule has 3 aromatic heterocycles. The van der Waals surface area contributed by atoms with Crippen molar-refractivity contribution in [3.8, 4) is 0 Å². The molecule has 0 bridgehead atoms. The average Bonchev–Trinajstić information content (AvgIpc) is 1.65. The molecule has 3 aromatic carbocycles. The lowest BCUT2D eigenvalue weighted by molar-refractivity contribution is -0.143. The first-order chi connectivity index (χ1) is 62.1. The predicted octanol–water partition coefficient (Wildman–Crippen LogP) is -1.39. The summed E-state index contributed by atoms with van der Waals surface area (Å²) in [5.41, 5.74) is 38.5. The number of carbonyl (C=O) groups is 14. The zero-order valence-electron chi connectivity index (χ0n) is 74.3. The van der Waals surface area contributed by atoms with Crippen LogP contribution in [0.5, 0.6) is 0 Å². The molecule has 6 aromatic rings. The first-order valence-corrected chi connectivity index (χ1v) is 45.3. The zero-order valence-corrected chi connectivity index (χ0v) is 75.2. The van der Waals surface area contributed by atoms with Gasteiger partial charge in [-0.25, -0.2) is 4.79 Å². The van der Waals surface area contributed by atoms with Crippen LogP contribution < -0.4 is 109 Å². The monoisotopic (exact) mass is 1830 g/mol. The summed E-state index contributed by atoms with van der Waals surface area (Å²) in [6.45, 7) is 6.76. The Morgan fingerprint density at radius 3 is 1.00 bits per heavy atom. The van der Waals surface area contributed by atoms with Crippen molar-refractivity contribution in [3.05, 3.63) is 108 Å². The molecule has 0 saturated heterocycles. The number of aliphatic carboxylic acids is 2. The van der Waals surface area contributed by atoms with E-state index in [9.17, 15) is 63.3 Å². The van der Waals surface area contributed by atoms with Crippen molar-refractivity contribution in [2.24, 2.45) is 46.2 Å². The molecule has 0 aliphatic heterocycles. The number of benzene rings is 3. The summed E-state index contributed by atoms with van der Waals surface area (Å²) >= 11 is 1.36. The van der Waals surface area contributed by atoms with Crippen molar-refractivity contribution in [2.45, 2.75) is 235 Å². The van der Waals surface area contributed by atoms with E-state index in [1.807, 2.05) is 0 Å². The van der Waals surface area contributed by atoms with Crippen LogP contribution in [0.15, 0.2) is 91.4 Å². The number of carboxylic acids is 2. The SMILES string of the molecule is CSCC[C@H](NC(=O)[C@H](CCCNC(=N)N)NC(=O)[C@@H](N)CCCNC(=N)N)C(=O)N[C@@H](CCCCN)C(=O)N[C@@H](Cc1c[nH]c2ccccc12)C(=O)N[C@@H](CCCCN)C(=O)N[C@@H](CCCCN)C(=O)N[C@@H](CC(C)C)C(=O)N[C@@H](CC(=O)O)C(=O)N[C@@H](Cc1c[nH]c2ccccc12)C(=O)N[C@@H](CO)C(=O)N[C@@H](Cc1c[nH]c2ccccc12)C(=O)N[C@@H](CC(C)C)C(=O)O. The van der Waals surface area contributed by atoms with E-state index >= 15 is 19.2 Å². The number of hydrogen-bond donors (Lipinski definition) is 28. The molecule has 3 heterocycles. The molecule has 130 heavy (non-hydrogen) atoms. The second-order valence-electron chi connectivity index (χ2n) is 33.0. The molecule has 0 aliphatic rings. The number of guanidine groups is 2. The summed E-state index contributed by atoms with van der Waals surface area (Å²) in [6, 6.07) is 1.62. The molecule has 13 atom stereocenters. The summed E-state index contributed by atoms with van der Waals surface area (Å²) in [5, 5.41) is 85.4. The van der Waals surface area contributed by atoms with Gasteiger partial charge in [-0.2, -0.15) is 11.8 Å². The van der Waals surface area contributed by atoms with E-state index in [4.69, 9.17) is 45.2 Å². The third-order valence-corrected chi connectivity index (χ3v) is 22.3. The zero-order chi connectivity index (χ0) is 95.5. The number of unbranched alkanes of at least 4 members (excludes halogenated alkanes) is 3. The van der Waals surface area contributed by atoms with Crippen LogP contribution >= 0.6 is 11.8 Å². The normalized spacial score (nSPS) is 14.4. The van der Waals surface area contributed by atoms with Crippen LogP contribution in [0.25, 0.3) is 32.7 Å². The van der Waals surface area contributed by atoms with Gasteiger partial charge in [0.25, 0.3) is 0 Å². The van der Waals surface area contributed by atoms with E-state index in [1.54, 1.807) is 125 Å². The predicted molar refractivity (Wildman–Crippen MR) is 493 cm³/mol. The van der Waals surface area contributed by atoms with Gasteiger partial charge in [0.15, 0.2) is 11.9 Å². The Morgan fingerprint density at radius 1 is 0.369 bits per heavy atom. The maximum Gasteiger partial charge on any atom is 0.326 e. The number of rotatable bonds is 61. The molecule has 0 spiro atoms. The van der Waals surface area contributed by atoms with Crippen LogP contribution in [0.2, 0.25) is 0 Å². The van der Waals surface area contributed by atoms with Crippen molar-refractivity contribution in [2.75, 3.05) is 51.3 Å². The highest BCUT2D eigenvalue weighted by atomic mass is 32.2. The van der Waals surface area contributed by atoms with E-state index in [2.05, 4.69) is 89.4 Å². The second-order valence-corrected chi connectivity index (χ2v) is 34.0. The number of aromatic nitrogens is 3. The van der Waals surface area contributed by atoms with Crippen molar-refractivity contribution in [3.63, 3.8) is 0 Å². The highest BCUT2D eigenvalue weighted by molar-refractivity contribution is 7.98. The number of nitrogens with two attached hydrogens (primary N) is 6. The Kier molecular flexibility index (Phi) is 45.3. The third-order valence-electron chi connectivity index (χ3n) is 21.6. The number of carbonyl (C=O) groups excluding carboxylic acids is 12. The fourth-order valence-corrected chi connectivity index (χ4v) is 15.2. The number of nitrogens with one attached hydrogen (secondary N) is 19. The van der Waals surface area contributed by atoms with Gasteiger partial charge in [0.05, 0.1) is 19.1 Å². The molecule has 0 fully saturated rings. The summed E-state index contributed by atoms with van der Waals surface area (Å²) < 4.78 is 0. The highest BCUT2D eigenvalue weighted by Gasteiger charge is 2.39. The largest absolute Gasteiger partial charge is 0.481 e. The number of para-hydroxylation sites is 3. The topological polar surface area (TPSA) is 719 Å². The molecule has 0 saturated carbocycles. The smallest absolute Gasteiger partial charge is 0.326 e. The number of amides is 12. The molecular formula is C87H133N25O17S. The Bertz CT molecular complexity index is 4770.